The van der Waals surface area contributed by atoms with Gasteiger partial charge in [0.05, 0.1) is 26.6 Å². The zero-order valence-corrected chi connectivity index (χ0v) is 18.7. The fraction of sp³-hybridized carbons (Fsp3) is 0.261. The van der Waals surface area contributed by atoms with Gasteiger partial charge in [0, 0.05) is 16.5 Å². The number of nitrogens with zero attached hydrogens (tertiary/aromatic N) is 5. The van der Waals surface area contributed by atoms with E-state index in [9.17, 15) is 4.79 Å². The van der Waals surface area contributed by atoms with E-state index < -0.39 is 11.0 Å². The monoisotopic (exact) mass is 434 g/mol. The van der Waals surface area contributed by atoms with Crippen molar-refractivity contribution in [2.24, 2.45) is 10.2 Å². The van der Waals surface area contributed by atoms with Gasteiger partial charge in [-0.15, -0.1) is 10.2 Å². The summed E-state index contributed by atoms with van der Waals surface area (Å²) >= 11 is 0. The van der Waals surface area contributed by atoms with Crippen molar-refractivity contribution in [3.8, 4) is 11.5 Å². The van der Waals surface area contributed by atoms with Crippen LogP contribution >= 0.6 is 0 Å². The van der Waals surface area contributed by atoms with Crippen LogP contribution in [0, 0.1) is 0 Å². The Morgan fingerprint density at radius 1 is 0.906 bits per heavy atom. The molecule has 0 aliphatic heterocycles. The molecule has 0 fully saturated rings. The highest BCUT2D eigenvalue weighted by atomic mass is 16.5. The van der Waals surface area contributed by atoms with Gasteiger partial charge < -0.3 is 9.47 Å². The van der Waals surface area contributed by atoms with Crippen molar-refractivity contribution in [1.82, 2.24) is 14.9 Å². The number of hydrogen-bond donors (Lipinski definition) is 1. The molecule has 0 bridgehead atoms. The quantitative estimate of drug-likeness (QED) is 0.452. The molecule has 0 atom stereocenters. The number of ether oxygens (including phenoxy) is 2. The second-order valence-electron chi connectivity index (χ2n) is 7.84. The zero-order valence-electron chi connectivity index (χ0n) is 18.7. The predicted molar refractivity (Wildman–Crippen MR) is 125 cm³/mol. The van der Waals surface area contributed by atoms with E-state index in [0.29, 0.717) is 17.1 Å². The number of hydrogen-bond acceptors (Lipinski definition) is 8. The molecular weight excluding hydrogens is 408 g/mol. The summed E-state index contributed by atoms with van der Waals surface area (Å²) in [7, 11) is 3.16. The van der Waals surface area contributed by atoms with E-state index in [1.165, 1.54) is 6.21 Å². The molecule has 3 rings (SSSR count). The van der Waals surface area contributed by atoms with Gasteiger partial charge >= 0.3 is 0 Å². The van der Waals surface area contributed by atoms with Gasteiger partial charge in [-0.3, -0.25) is 4.79 Å². The Labute approximate surface area is 186 Å². The van der Waals surface area contributed by atoms with Crippen LogP contribution in [0.3, 0.4) is 0 Å². The number of rotatable bonds is 7. The predicted octanol–water partition coefficient (Wildman–Crippen LogP) is 3.28. The summed E-state index contributed by atoms with van der Waals surface area (Å²) in [6.07, 6.45) is 3.10. The molecule has 0 aliphatic rings. The Morgan fingerprint density at radius 3 is 2.03 bits per heavy atom. The number of anilines is 1. The molecule has 3 aromatic rings. The number of nitrogens with one attached hydrogen (secondary N) is 1. The minimum Gasteiger partial charge on any atom is -0.496 e. The first kappa shape index (κ1) is 22.7. The lowest BCUT2D eigenvalue weighted by molar-refractivity contribution is 0.414. The van der Waals surface area contributed by atoms with Gasteiger partial charge in [-0.2, -0.15) is 14.9 Å². The molecule has 32 heavy (non-hydrogen) atoms. The largest absolute Gasteiger partial charge is 0.496 e. The van der Waals surface area contributed by atoms with Crippen LogP contribution in [0.2, 0.25) is 0 Å². The third-order valence-electron chi connectivity index (χ3n) is 4.51. The molecule has 166 valence electrons. The Morgan fingerprint density at radius 2 is 1.47 bits per heavy atom. The molecule has 0 unspecified atom stereocenters. The fourth-order valence-corrected chi connectivity index (χ4v) is 2.85. The van der Waals surface area contributed by atoms with Crippen LogP contribution in [-0.4, -0.2) is 41.5 Å². The normalized spacial score (nSPS) is 11.8. The average Bonchev–Trinajstić information content (AvgIpc) is 2.78. The Hall–Kier alpha value is -4.01. The molecule has 0 saturated carbocycles. The molecule has 9 heteroatoms. The lowest BCUT2D eigenvalue weighted by Crippen LogP contribution is -2.33. The van der Waals surface area contributed by atoms with Gasteiger partial charge in [0.1, 0.15) is 17.2 Å². The van der Waals surface area contributed by atoms with Crippen molar-refractivity contribution in [1.29, 1.82) is 0 Å². The molecule has 0 radical (unpaired) electrons. The third kappa shape index (κ3) is 5.18. The van der Waals surface area contributed by atoms with E-state index in [1.807, 2.05) is 69.3 Å². The SMILES string of the molecule is COc1ccccc1/C=N\Nc1nnc(C(C)(C)C)c(=O)n1/N=C\c1ccccc1OC. The fourth-order valence-electron chi connectivity index (χ4n) is 2.85. The zero-order chi connectivity index (χ0) is 23.1. The van der Waals surface area contributed by atoms with Crippen LogP contribution in [0.1, 0.15) is 37.6 Å². The van der Waals surface area contributed by atoms with Gasteiger partial charge in [-0.25, -0.2) is 5.43 Å². The van der Waals surface area contributed by atoms with E-state index in [-0.39, 0.29) is 11.6 Å². The molecule has 2 aromatic carbocycles. The number of para-hydroxylation sites is 2. The van der Waals surface area contributed by atoms with Crippen LogP contribution < -0.4 is 20.5 Å². The van der Waals surface area contributed by atoms with Crippen LogP contribution in [0.4, 0.5) is 5.95 Å². The van der Waals surface area contributed by atoms with Crippen LogP contribution in [0.15, 0.2) is 63.5 Å². The topological polar surface area (TPSA) is 103 Å². The Balaban J connectivity index is 2.00. The minimum absolute atomic E-state index is 0.0697. The number of hydrazone groups is 1. The molecule has 0 saturated heterocycles. The second-order valence-corrected chi connectivity index (χ2v) is 7.84. The van der Waals surface area contributed by atoms with Gasteiger partial charge in [-0.1, -0.05) is 45.0 Å². The molecular formula is C23H26N6O3. The van der Waals surface area contributed by atoms with Gasteiger partial charge in [0.25, 0.3) is 11.5 Å². The molecule has 0 amide bonds. The maximum absolute atomic E-state index is 13.1. The lowest BCUT2D eigenvalue weighted by atomic mass is 9.93. The van der Waals surface area contributed by atoms with Crippen LogP contribution in [0.5, 0.6) is 11.5 Å². The summed E-state index contributed by atoms with van der Waals surface area (Å²) in [5, 5.41) is 16.8. The summed E-state index contributed by atoms with van der Waals surface area (Å²) in [5.41, 5.74) is 3.60. The van der Waals surface area contributed by atoms with Gasteiger partial charge in [0.2, 0.25) is 0 Å². The second kappa shape index (κ2) is 9.86. The van der Waals surface area contributed by atoms with E-state index in [4.69, 9.17) is 9.47 Å². The van der Waals surface area contributed by atoms with Crippen molar-refractivity contribution in [2.45, 2.75) is 26.2 Å². The highest BCUT2D eigenvalue weighted by molar-refractivity contribution is 5.84. The highest BCUT2D eigenvalue weighted by Crippen LogP contribution is 2.18. The van der Waals surface area contributed by atoms with Crippen molar-refractivity contribution >= 4 is 18.4 Å². The summed E-state index contributed by atoms with van der Waals surface area (Å²) < 4.78 is 11.8. The Bertz CT molecular complexity index is 1190. The van der Waals surface area contributed by atoms with Crippen molar-refractivity contribution in [3.63, 3.8) is 0 Å². The number of methoxy groups -OCH3 is 2. The van der Waals surface area contributed by atoms with Crippen molar-refractivity contribution in [2.75, 3.05) is 19.6 Å². The minimum atomic E-state index is -0.509. The number of benzene rings is 2. The molecule has 1 heterocycles. The molecule has 1 N–H and O–H groups in total. The molecule has 0 aliphatic carbocycles. The van der Waals surface area contributed by atoms with Crippen molar-refractivity contribution in [3.05, 3.63) is 75.7 Å². The standard InChI is InChI=1S/C23H26N6O3/c1-23(2,3)20-21(30)29(25-15-17-11-7-9-13-19(17)32-5)22(28-26-20)27-24-14-16-10-6-8-12-18(16)31-4/h6-15H,1-5H3,(H,27,28)/b24-14-,25-15-. The molecule has 9 nitrogen and oxygen atoms in total. The van der Waals surface area contributed by atoms with E-state index >= 15 is 0 Å². The van der Waals surface area contributed by atoms with E-state index in [1.54, 1.807) is 20.4 Å². The van der Waals surface area contributed by atoms with Crippen LogP contribution in [0.25, 0.3) is 0 Å². The van der Waals surface area contributed by atoms with Gasteiger partial charge in [-0.05, 0) is 24.3 Å². The van der Waals surface area contributed by atoms with E-state index in [0.717, 1.165) is 10.2 Å². The third-order valence-corrected chi connectivity index (χ3v) is 4.51. The Kier molecular flexibility index (Phi) is 6.99. The molecule has 0 spiro atoms. The van der Waals surface area contributed by atoms with Crippen molar-refractivity contribution < 1.29 is 9.47 Å². The smallest absolute Gasteiger partial charge is 0.298 e. The summed E-state index contributed by atoms with van der Waals surface area (Å²) in [4.78, 5) is 13.1. The first-order valence-corrected chi connectivity index (χ1v) is 9.95. The number of aromatic nitrogens is 3. The maximum atomic E-state index is 13.1. The highest BCUT2D eigenvalue weighted by Gasteiger charge is 2.23. The van der Waals surface area contributed by atoms with E-state index in [2.05, 4.69) is 25.8 Å². The summed E-state index contributed by atoms with van der Waals surface area (Å²) in [6.45, 7) is 5.67. The summed E-state index contributed by atoms with van der Waals surface area (Å²) in [6, 6.07) is 14.8. The maximum Gasteiger partial charge on any atom is 0.298 e. The van der Waals surface area contributed by atoms with Gasteiger partial charge in [0.15, 0.2) is 0 Å². The average molecular weight is 435 g/mol. The first-order chi connectivity index (χ1) is 15.3. The summed E-state index contributed by atoms with van der Waals surface area (Å²) in [5.74, 6) is 1.37. The lowest BCUT2D eigenvalue weighted by Gasteiger charge is -2.17. The first-order valence-electron chi connectivity index (χ1n) is 9.95. The molecule has 1 aromatic heterocycles. The van der Waals surface area contributed by atoms with Crippen LogP contribution in [-0.2, 0) is 5.41 Å².